The zero-order valence-corrected chi connectivity index (χ0v) is 18.5. The molecule has 31 heavy (non-hydrogen) atoms. The lowest BCUT2D eigenvalue weighted by molar-refractivity contribution is -0.129. The molecule has 0 spiro atoms. The first-order valence-corrected chi connectivity index (χ1v) is 11.9. The molecule has 1 atom stereocenters. The number of carbonyl (C=O) groups is 1. The van der Waals surface area contributed by atoms with E-state index in [1.807, 2.05) is 0 Å². The number of hydrogen-bond acceptors (Lipinski definition) is 6. The monoisotopic (exact) mass is 445 g/mol. The zero-order chi connectivity index (χ0) is 22.5. The minimum absolute atomic E-state index is 0.213. The summed E-state index contributed by atoms with van der Waals surface area (Å²) in [6.45, 7) is 1.27. The van der Waals surface area contributed by atoms with Gasteiger partial charge in [-0.15, -0.1) is 6.42 Å². The Bertz CT molecular complexity index is 1040. The fourth-order valence-corrected chi connectivity index (χ4v) is 4.60. The topological polar surface area (TPSA) is 115 Å². The highest BCUT2D eigenvalue weighted by molar-refractivity contribution is 7.88. The lowest BCUT2D eigenvalue weighted by atomic mass is 9.81. The van der Waals surface area contributed by atoms with E-state index in [2.05, 4.69) is 26.0 Å². The molecule has 2 N–H and O–H groups in total. The third kappa shape index (κ3) is 5.83. The van der Waals surface area contributed by atoms with Crippen LogP contribution in [0.1, 0.15) is 39.0 Å². The number of sulfonamides is 1. The van der Waals surface area contributed by atoms with Crippen molar-refractivity contribution >= 4 is 15.9 Å². The first-order valence-electron chi connectivity index (χ1n) is 10.0. The molecule has 9 nitrogen and oxygen atoms in total. The second kappa shape index (κ2) is 9.08. The van der Waals surface area contributed by atoms with Gasteiger partial charge in [-0.1, -0.05) is 25.2 Å². The van der Waals surface area contributed by atoms with E-state index in [0.717, 1.165) is 31.2 Å². The van der Waals surface area contributed by atoms with Crippen molar-refractivity contribution in [3.8, 4) is 23.8 Å². The SMILES string of the molecule is C#CC1(NC(=O)C(C)(COc2ccc(-n3cncn3)cc2)NS(C)(=O)=O)CCCCC1. The zero-order valence-electron chi connectivity index (χ0n) is 17.7. The standard InChI is InChI=1S/C21H27N5O4S/c1-4-21(12-6-5-7-13-21)24-19(27)20(2,25-31(3,28)29)14-30-18-10-8-17(9-11-18)26-16-22-15-23-26/h1,8-11,15-16,25H,5-7,12-14H2,2-3H3,(H,24,27). The molecule has 1 unspecified atom stereocenters. The Labute approximate surface area is 182 Å². The Morgan fingerprint density at radius 1 is 1.29 bits per heavy atom. The number of aromatic nitrogens is 3. The van der Waals surface area contributed by atoms with Gasteiger partial charge >= 0.3 is 0 Å². The van der Waals surface area contributed by atoms with E-state index in [-0.39, 0.29) is 6.61 Å². The maximum atomic E-state index is 13.2. The Kier molecular flexibility index (Phi) is 6.67. The first kappa shape index (κ1) is 22.8. The fraction of sp³-hybridized carbons (Fsp3) is 0.476. The van der Waals surface area contributed by atoms with E-state index < -0.39 is 27.0 Å². The van der Waals surface area contributed by atoms with Gasteiger partial charge in [0, 0.05) is 0 Å². The molecule has 0 aliphatic heterocycles. The van der Waals surface area contributed by atoms with Gasteiger partial charge in [0.1, 0.15) is 36.1 Å². The van der Waals surface area contributed by atoms with E-state index >= 15 is 0 Å². The van der Waals surface area contributed by atoms with Gasteiger partial charge in [0.2, 0.25) is 15.9 Å². The van der Waals surface area contributed by atoms with Gasteiger partial charge in [0.15, 0.2) is 0 Å². The number of rotatable bonds is 8. The summed E-state index contributed by atoms with van der Waals surface area (Å²) in [5, 5.41) is 6.96. The largest absolute Gasteiger partial charge is 0.491 e. The third-order valence-electron chi connectivity index (χ3n) is 5.30. The van der Waals surface area contributed by atoms with Gasteiger partial charge in [-0.25, -0.2) is 18.1 Å². The summed E-state index contributed by atoms with van der Waals surface area (Å²) in [4.78, 5) is 17.1. The van der Waals surface area contributed by atoms with E-state index in [0.29, 0.717) is 18.6 Å². The lowest BCUT2D eigenvalue weighted by Gasteiger charge is -2.37. The van der Waals surface area contributed by atoms with Gasteiger partial charge in [0.25, 0.3) is 0 Å². The highest BCUT2D eigenvalue weighted by Crippen LogP contribution is 2.28. The van der Waals surface area contributed by atoms with Crippen LogP contribution in [-0.4, -0.2) is 53.0 Å². The minimum Gasteiger partial charge on any atom is -0.491 e. The average Bonchev–Trinajstić information content (AvgIpc) is 3.27. The lowest BCUT2D eigenvalue weighted by Crippen LogP contribution is -2.64. The van der Waals surface area contributed by atoms with Gasteiger partial charge in [-0.3, -0.25) is 4.79 Å². The highest BCUT2D eigenvalue weighted by Gasteiger charge is 2.42. The first-order chi connectivity index (χ1) is 14.6. The van der Waals surface area contributed by atoms with Crippen LogP contribution in [0.3, 0.4) is 0 Å². The number of nitrogens with zero attached hydrogens (tertiary/aromatic N) is 3. The Balaban J connectivity index is 1.75. The van der Waals surface area contributed by atoms with Crippen LogP contribution in [0.2, 0.25) is 0 Å². The van der Waals surface area contributed by atoms with Crippen molar-refractivity contribution < 1.29 is 17.9 Å². The molecule has 1 aromatic carbocycles. The highest BCUT2D eigenvalue weighted by atomic mass is 32.2. The van der Waals surface area contributed by atoms with E-state index in [9.17, 15) is 13.2 Å². The van der Waals surface area contributed by atoms with Crippen LogP contribution in [-0.2, 0) is 14.8 Å². The van der Waals surface area contributed by atoms with Crippen molar-refractivity contribution in [2.24, 2.45) is 0 Å². The molecule has 10 heteroatoms. The molecule has 0 bridgehead atoms. The van der Waals surface area contributed by atoms with Crippen LogP contribution in [0.15, 0.2) is 36.9 Å². The fourth-order valence-electron chi connectivity index (χ4n) is 3.63. The Morgan fingerprint density at radius 2 is 1.97 bits per heavy atom. The van der Waals surface area contributed by atoms with Crippen LogP contribution < -0.4 is 14.8 Å². The van der Waals surface area contributed by atoms with Gasteiger partial charge in [-0.05, 0) is 44.0 Å². The molecule has 1 aromatic heterocycles. The number of carbonyl (C=O) groups excluding carboxylic acids is 1. The van der Waals surface area contributed by atoms with Crippen molar-refractivity contribution in [2.45, 2.75) is 50.1 Å². The smallest absolute Gasteiger partial charge is 0.245 e. The molecular weight excluding hydrogens is 418 g/mol. The van der Waals surface area contributed by atoms with Gasteiger partial charge in [0.05, 0.1) is 11.9 Å². The summed E-state index contributed by atoms with van der Waals surface area (Å²) in [5.74, 6) is 2.67. The van der Waals surface area contributed by atoms with Crippen LogP contribution in [0, 0.1) is 12.3 Å². The molecule has 0 saturated heterocycles. The molecule has 1 heterocycles. The molecule has 1 fully saturated rings. The number of terminal acetylenes is 1. The molecule has 1 aliphatic carbocycles. The summed E-state index contributed by atoms with van der Waals surface area (Å²) < 4.78 is 33.7. The second-order valence-electron chi connectivity index (χ2n) is 8.07. The summed E-state index contributed by atoms with van der Waals surface area (Å²) in [5.41, 5.74) is -1.53. The van der Waals surface area contributed by atoms with Crippen molar-refractivity contribution in [2.75, 3.05) is 12.9 Å². The number of benzene rings is 1. The Morgan fingerprint density at radius 3 is 2.52 bits per heavy atom. The quantitative estimate of drug-likeness (QED) is 0.594. The number of nitrogens with one attached hydrogen (secondary N) is 2. The minimum atomic E-state index is -3.70. The normalized spacial score (nSPS) is 17.8. The number of hydrogen-bond donors (Lipinski definition) is 2. The van der Waals surface area contributed by atoms with Crippen LogP contribution >= 0.6 is 0 Å². The predicted molar refractivity (Wildman–Crippen MR) is 116 cm³/mol. The van der Waals surface area contributed by atoms with Crippen molar-refractivity contribution in [3.05, 3.63) is 36.9 Å². The van der Waals surface area contributed by atoms with Crippen LogP contribution in [0.4, 0.5) is 0 Å². The summed E-state index contributed by atoms with van der Waals surface area (Å²) in [6.07, 6.45) is 13.9. The summed E-state index contributed by atoms with van der Waals surface area (Å²) in [6, 6.07) is 6.97. The molecule has 1 amide bonds. The average molecular weight is 446 g/mol. The van der Waals surface area contributed by atoms with Crippen LogP contribution in [0.25, 0.3) is 5.69 Å². The van der Waals surface area contributed by atoms with E-state index in [1.54, 1.807) is 35.3 Å². The van der Waals surface area contributed by atoms with Crippen molar-refractivity contribution in [3.63, 3.8) is 0 Å². The summed E-state index contributed by atoms with van der Waals surface area (Å²) >= 11 is 0. The van der Waals surface area contributed by atoms with Crippen molar-refractivity contribution in [1.82, 2.24) is 24.8 Å². The summed E-state index contributed by atoms with van der Waals surface area (Å²) in [7, 11) is -3.70. The number of amides is 1. The van der Waals surface area contributed by atoms with E-state index in [4.69, 9.17) is 11.2 Å². The molecular formula is C21H27N5O4S. The Hall–Kier alpha value is -2.90. The molecule has 1 saturated carbocycles. The maximum Gasteiger partial charge on any atom is 0.245 e. The van der Waals surface area contributed by atoms with Gasteiger partial charge in [-0.2, -0.15) is 9.82 Å². The number of ether oxygens (including phenoxy) is 1. The second-order valence-corrected chi connectivity index (χ2v) is 9.82. The molecule has 166 valence electrons. The molecule has 2 aromatic rings. The van der Waals surface area contributed by atoms with Gasteiger partial charge < -0.3 is 10.1 Å². The molecule has 1 aliphatic rings. The van der Waals surface area contributed by atoms with Crippen molar-refractivity contribution in [1.29, 1.82) is 0 Å². The van der Waals surface area contributed by atoms with E-state index in [1.165, 1.54) is 13.3 Å². The maximum absolute atomic E-state index is 13.2. The molecule has 3 rings (SSSR count). The third-order valence-corrected chi connectivity index (χ3v) is 6.12. The van der Waals surface area contributed by atoms with Crippen LogP contribution in [0.5, 0.6) is 5.75 Å². The molecule has 0 radical (unpaired) electrons. The predicted octanol–water partition coefficient (Wildman–Crippen LogP) is 1.41.